The van der Waals surface area contributed by atoms with E-state index >= 15 is 0 Å². The second kappa shape index (κ2) is 5.32. The fraction of sp³-hybridized carbons (Fsp3) is 1.00. The van der Waals surface area contributed by atoms with Crippen LogP contribution < -0.4 is 0 Å². The molecule has 0 atom stereocenters. The minimum atomic E-state index is 0.563. The first-order valence-corrected chi connectivity index (χ1v) is 1.82. The van der Waals surface area contributed by atoms with Crippen molar-refractivity contribution in [1.82, 2.24) is 0 Å². The van der Waals surface area contributed by atoms with Crippen molar-refractivity contribution >= 4 is 36.9 Å². The maximum Gasteiger partial charge on any atom is 0.0533 e. The SMILES string of the molecule is [B][B][B][B]C[B]. The van der Waals surface area contributed by atoms with E-state index in [1.165, 1.54) is 7.06 Å². The Balaban J connectivity index is 2.34. The predicted octanol–water partition coefficient (Wildman–Crippen LogP) is -1.44. The van der Waals surface area contributed by atoms with E-state index in [1.54, 1.807) is 14.2 Å². The molecule has 0 bridgehead atoms. The predicted molar refractivity (Wildman–Crippen MR) is 33.6 cm³/mol. The summed E-state index contributed by atoms with van der Waals surface area (Å²) in [4.78, 5) is 0. The second-order valence-electron chi connectivity index (χ2n) is 0.856. The Kier molecular flexibility index (Phi) is 5.61. The summed E-state index contributed by atoms with van der Waals surface area (Å²) in [5, 5.41) is 0. The zero-order chi connectivity index (χ0) is 4.83. The van der Waals surface area contributed by atoms with Crippen LogP contribution in [-0.4, -0.2) is 36.9 Å². The van der Waals surface area contributed by atoms with E-state index in [2.05, 4.69) is 0 Å². The monoisotopic (exact) mass is 69.1 g/mol. The van der Waals surface area contributed by atoms with Gasteiger partial charge in [0.2, 0.25) is 0 Å². The summed E-state index contributed by atoms with van der Waals surface area (Å²) >= 11 is 0. The average Bonchev–Trinajstić information content (AvgIpc) is 1.61. The molecule has 0 saturated carbocycles. The Morgan fingerprint density at radius 1 is 1.50 bits per heavy atom. The molecular weight excluding hydrogens is 66.1 g/mol. The van der Waals surface area contributed by atoms with Crippen LogP contribution in [0, 0.1) is 0 Å². The van der Waals surface area contributed by atoms with E-state index in [-0.39, 0.29) is 0 Å². The highest BCUT2D eigenvalue weighted by Crippen LogP contribution is 1.58. The van der Waals surface area contributed by atoms with Gasteiger partial charge < -0.3 is 0 Å². The molecule has 0 aromatic carbocycles. The molecule has 0 aliphatic heterocycles. The lowest BCUT2D eigenvalue weighted by Gasteiger charge is -1.81. The summed E-state index contributed by atoms with van der Waals surface area (Å²) in [5.74, 6) is 0. The van der Waals surface area contributed by atoms with Crippen LogP contribution in [0.4, 0.5) is 0 Å². The summed E-state index contributed by atoms with van der Waals surface area (Å²) in [5.41, 5.74) is 0. The van der Waals surface area contributed by atoms with Gasteiger partial charge in [-0.25, -0.2) is 0 Å². The molecule has 0 unspecified atom stereocenters. The largest absolute Gasteiger partial charge is 0.122 e. The van der Waals surface area contributed by atoms with Crippen LogP contribution >= 0.6 is 0 Å². The van der Waals surface area contributed by atoms with Crippen molar-refractivity contribution in [3.63, 3.8) is 0 Å². The third-order valence-electron chi connectivity index (χ3n) is 0.383. The fourth-order valence-electron chi connectivity index (χ4n) is 0.157. The smallest absolute Gasteiger partial charge is 0.0533 e. The Labute approximate surface area is 44.0 Å². The van der Waals surface area contributed by atoms with E-state index in [0.717, 1.165) is 0 Å². The molecule has 0 amide bonds. The van der Waals surface area contributed by atoms with Gasteiger partial charge in [-0.15, -0.1) is 6.22 Å². The van der Waals surface area contributed by atoms with E-state index in [0.29, 0.717) is 6.22 Å². The van der Waals surface area contributed by atoms with Gasteiger partial charge >= 0.3 is 0 Å². The summed E-state index contributed by atoms with van der Waals surface area (Å²) < 4.78 is 0. The highest BCUT2D eigenvalue weighted by molar-refractivity contribution is 7.41. The molecule has 0 aromatic heterocycles. The van der Waals surface area contributed by atoms with Crippen molar-refractivity contribution < 1.29 is 0 Å². The highest BCUT2D eigenvalue weighted by Gasteiger charge is 1.80. The lowest BCUT2D eigenvalue weighted by atomic mass is 9.12. The highest BCUT2D eigenvalue weighted by atomic mass is 13.1. The third kappa shape index (κ3) is 4.32. The van der Waals surface area contributed by atoms with E-state index in [9.17, 15) is 0 Å². The zero-order valence-electron chi connectivity index (χ0n) is 3.59. The van der Waals surface area contributed by atoms with Gasteiger partial charge in [0.05, 0.1) is 7.85 Å². The van der Waals surface area contributed by atoms with Crippen LogP contribution in [0.5, 0.6) is 0 Å². The third-order valence-corrected chi connectivity index (χ3v) is 0.383. The van der Waals surface area contributed by atoms with Crippen molar-refractivity contribution in [3.05, 3.63) is 0 Å². The van der Waals surface area contributed by atoms with E-state index < -0.39 is 0 Å². The molecule has 0 aliphatic rings. The van der Waals surface area contributed by atoms with Crippen LogP contribution in [0.15, 0.2) is 0 Å². The molecule has 0 saturated heterocycles. The minimum Gasteiger partial charge on any atom is -0.122 e. The Bertz CT molecular complexity index is 15.9. The molecule has 5 heteroatoms. The number of hydrogen-bond acceptors (Lipinski definition) is 0. The van der Waals surface area contributed by atoms with E-state index in [4.69, 9.17) is 15.6 Å². The molecule has 21 valence electrons. The van der Waals surface area contributed by atoms with E-state index in [1.807, 2.05) is 0 Å². The van der Waals surface area contributed by atoms with Crippen LogP contribution in [0.2, 0.25) is 6.22 Å². The normalized spacial score (nSPS) is 6.67. The van der Waals surface area contributed by atoms with Gasteiger partial charge in [-0.1, -0.05) is 0 Å². The van der Waals surface area contributed by atoms with Gasteiger partial charge in [-0.05, 0) is 0 Å². The first-order chi connectivity index (χ1) is 2.91. The van der Waals surface area contributed by atoms with Crippen LogP contribution in [0.25, 0.3) is 0 Å². The Morgan fingerprint density at radius 2 is 2.17 bits per heavy atom. The maximum absolute atomic E-state index is 5.05. The van der Waals surface area contributed by atoms with Crippen LogP contribution in [-0.2, 0) is 0 Å². The van der Waals surface area contributed by atoms with Gasteiger partial charge in [0, 0.05) is 29.0 Å². The molecule has 7 radical (unpaired) electrons. The minimum absolute atomic E-state index is 0.563. The molecule has 0 spiro atoms. The molecule has 0 aliphatic carbocycles. The number of rotatable bonds is 3. The Morgan fingerprint density at radius 3 is 2.33 bits per heavy atom. The van der Waals surface area contributed by atoms with Crippen LogP contribution in [0.3, 0.4) is 0 Å². The summed E-state index contributed by atoms with van der Waals surface area (Å²) in [7, 11) is 14.9. The van der Waals surface area contributed by atoms with Gasteiger partial charge in [-0.3, -0.25) is 0 Å². The van der Waals surface area contributed by atoms with Crippen molar-refractivity contribution in [3.8, 4) is 0 Å². The lowest BCUT2D eigenvalue weighted by Crippen LogP contribution is -2.11. The number of hydrogen-bond donors (Lipinski definition) is 0. The molecule has 6 heavy (non-hydrogen) atoms. The maximum atomic E-state index is 5.05. The molecule has 0 rings (SSSR count). The van der Waals surface area contributed by atoms with Gasteiger partial charge in [0.15, 0.2) is 0 Å². The van der Waals surface area contributed by atoms with Crippen molar-refractivity contribution in [2.45, 2.75) is 6.22 Å². The Hall–Kier alpha value is 0.325. The molecule has 0 heterocycles. The van der Waals surface area contributed by atoms with Crippen LogP contribution in [0.1, 0.15) is 0 Å². The first-order valence-electron chi connectivity index (χ1n) is 1.82. The van der Waals surface area contributed by atoms with Crippen molar-refractivity contribution in [2.75, 3.05) is 0 Å². The standard InChI is InChI=1S/CH2B5/c2-1-4-6-5-3/h1H2. The summed E-state index contributed by atoms with van der Waals surface area (Å²) in [6.07, 6.45) is 0.563. The van der Waals surface area contributed by atoms with Crippen molar-refractivity contribution in [1.29, 1.82) is 0 Å². The molecule has 0 fully saturated rings. The summed E-state index contributed by atoms with van der Waals surface area (Å²) in [6.45, 7) is 0. The van der Waals surface area contributed by atoms with Gasteiger partial charge in [0.1, 0.15) is 0 Å². The molecule has 0 nitrogen and oxygen atoms in total. The molecule has 0 aromatic rings. The van der Waals surface area contributed by atoms with Gasteiger partial charge in [0.25, 0.3) is 0 Å². The molecular formula is CH2B5. The topological polar surface area (TPSA) is 0 Å². The quantitative estimate of drug-likeness (QED) is 0.280. The first kappa shape index (κ1) is 6.32. The average molecular weight is 68.1 g/mol. The zero-order valence-corrected chi connectivity index (χ0v) is 3.59. The fourth-order valence-corrected chi connectivity index (χ4v) is 0.157. The summed E-state index contributed by atoms with van der Waals surface area (Å²) in [6, 6.07) is 0. The molecule has 0 N–H and O–H groups in total. The second-order valence-corrected chi connectivity index (χ2v) is 0.856. The van der Waals surface area contributed by atoms with Gasteiger partial charge in [-0.2, -0.15) is 0 Å². The lowest BCUT2D eigenvalue weighted by molar-refractivity contribution is 2.12. The van der Waals surface area contributed by atoms with Crippen molar-refractivity contribution in [2.24, 2.45) is 0 Å².